The van der Waals surface area contributed by atoms with Crippen molar-refractivity contribution in [2.24, 2.45) is 23.5 Å². The van der Waals surface area contributed by atoms with E-state index in [0.717, 1.165) is 29.3 Å². The third-order valence-corrected chi connectivity index (χ3v) is 5.97. The highest BCUT2D eigenvalue weighted by atomic mass is 16.1. The van der Waals surface area contributed by atoms with Gasteiger partial charge in [0.15, 0.2) is 0 Å². The molecule has 4 nitrogen and oxygen atoms in total. The fraction of sp³-hybridized carbons (Fsp3) is 0.500. The van der Waals surface area contributed by atoms with Crippen molar-refractivity contribution >= 4 is 16.7 Å². The second-order valence-corrected chi connectivity index (χ2v) is 7.39. The third kappa shape index (κ3) is 2.91. The van der Waals surface area contributed by atoms with E-state index < -0.39 is 0 Å². The number of fused-ring (bicyclic) bond motifs is 3. The number of rotatable bonds is 3. The van der Waals surface area contributed by atoms with Crippen molar-refractivity contribution in [2.75, 3.05) is 0 Å². The largest absolute Gasteiger partial charge is 0.350 e. The van der Waals surface area contributed by atoms with Gasteiger partial charge in [0.05, 0.1) is 12.2 Å². The zero-order chi connectivity index (χ0) is 16.5. The lowest BCUT2D eigenvalue weighted by Crippen LogP contribution is -2.49. The number of hydrogen-bond acceptors (Lipinski definition) is 3. The number of carbonyl (C=O) groups excluding carboxylic acids is 1. The van der Waals surface area contributed by atoms with Crippen LogP contribution in [-0.4, -0.2) is 16.9 Å². The van der Waals surface area contributed by atoms with Crippen LogP contribution in [0.1, 0.15) is 37.8 Å². The van der Waals surface area contributed by atoms with Crippen LogP contribution in [0.4, 0.5) is 0 Å². The number of pyridine rings is 1. The van der Waals surface area contributed by atoms with Gasteiger partial charge in [0.2, 0.25) is 5.91 Å². The summed E-state index contributed by atoms with van der Waals surface area (Å²) >= 11 is 0. The number of nitrogens with one attached hydrogen (secondary N) is 1. The van der Waals surface area contributed by atoms with E-state index in [2.05, 4.69) is 22.4 Å². The summed E-state index contributed by atoms with van der Waals surface area (Å²) in [4.78, 5) is 17.1. The van der Waals surface area contributed by atoms with Crippen molar-refractivity contribution < 1.29 is 4.79 Å². The van der Waals surface area contributed by atoms with E-state index in [4.69, 9.17) is 5.73 Å². The lowest BCUT2D eigenvalue weighted by atomic mass is 9.65. The predicted molar refractivity (Wildman–Crippen MR) is 95.1 cm³/mol. The molecule has 0 aliphatic heterocycles. The van der Waals surface area contributed by atoms with Gasteiger partial charge < -0.3 is 11.1 Å². The second-order valence-electron chi connectivity index (χ2n) is 7.39. The van der Waals surface area contributed by atoms with Crippen LogP contribution in [0.5, 0.6) is 0 Å². The fourth-order valence-electron chi connectivity index (χ4n) is 4.64. The quantitative estimate of drug-likeness (QED) is 0.912. The Kier molecular flexibility index (Phi) is 4.23. The predicted octanol–water partition coefficient (Wildman–Crippen LogP) is 3.00. The van der Waals surface area contributed by atoms with E-state index in [1.54, 1.807) is 0 Å². The van der Waals surface area contributed by atoms with Gasteiger partial charge in [-0.05, 0) is 49.0 Å². The summed E-state index contributed by atoms with van der Waals surface area (Å²) < 4.78 is 0. The van der Waals surface area contributed by atoms with Crippen molar-refractivity contribution in [1.29, 1.82) is 0 Å². The van der Waals surface area contributed by atoms with E-state index in [9.17, 15) is 4.79 Å². The van der Waals surface area contributed by atoms with Crippen LogP contribution in [0.15, 0.2) is 36.5 Å². The summed E-state index contributed by atoms with van der Waals surface area (Å²) in [5, 5.41) is 5.40. The Morgan fingerprint density at radius 3 is 2.71 bits per heavy atom. The molecule has 2 saturated carbocycles. The standard InChI is InChI=1S/C20H25N3O/c21-19-14-5-3-6-15(19)11-16(10-14)20(24)23-12-18-17-7-2-1-4-13(17)8-9-22-18/h1-2,4,7-9,14-16,19H,3,5-6,10-12,21H2,(H,23,24). The number of nitrogens with zero attached hydrogens (tertiary/aromatic N) is 1. The van der Waals surface area contributed by atoms with Crippen molar-refractivity contribution in [3.8, 4) is 0 Å². The number of carbonyl (C=O) groups is 1. The van der Waals surface area contributed by atoms with E-state index in [0.29, 0.717) is 24.4 Å². The van der Waals surface area contributed by atoms with Crippen LogP contribution in [0, 0.1) is 17.8 Å². The average Bonchev–Trinajstić information content (AvgIpc) is 2.59. The van der Waals surface area contributed by atoms with Gasteiger partial charge in [-0.2, -0.15) is 0 Å². The minimum Gasteiger partial charge on any atom is -0.350 e. The smallest absolute Gasteiger partial charge is 0.223 e. The molecule has 4 heteroatoms. The van der Waals surface area contributed by atoms with E-state index in [1.807, 2.05) is 24.4 Å². The zero-order valence-electron chi connectivity index (χ0n) is 13.9. The molecule has 0 radical (unpaired) electrons. The van der Waals surface area contributed by atoms with E-state index in [1.165, 1.54) is 19.3 Å². The van der Waals surface area contributed by atoms with Crippen molar-refractivity contribution in [1.82, 2.24) is 10.3 Å². The average molecular weight is 323 g/mol. The highest BCUT2D eigenvalue weighted by Crippen LogP contribution is 2.41. The Balaban J connectivity index is 1.43. The first-order valence-corrected chi connectivity index (χ1v) is 9.08. The molecule has 1 heterocycles. The van der Waals surface area contributed by atoms with Crippen LogP contribution in [0.25, 0.3) is 10.8 Å². The maximum absolute atomic E-state index is 12.7. The van der Waals surface area contributed by atoms with Gasteiger partial charge in [0.25, 0.3) is 0 Å². The highest BCUT2D eigenvalue weighted by molar-refractivity contribution is 5.85. The van der Waals surface area contributed by atoms with Crippen LogP contribution < -0.4 is 11.1 Å². The summed E-state index contributed by atoms with van der Waals surface area (Å²) in [6.07, 6.45) is 7.36. The molecular formula is C20H25N3O. The van der Waals surface area contributed by atoms with E-state index >= 15 is 0 Å². The van der Waals surface area contributed by atoms with Gasteiger partial charge in [-0.15, -0.1) is 0 Å². The second kappa shape index (κ2) is 6.52. The first kappa shape index (κ1) is 15.6. The molecule has 1 aromatic carbocycles. The van der Waals surface area contributed by atoms with Gasteiger partial charge in [0.1, 0.15) is 0 Å². The minimum absolute atomic E-state index is 0.120. The molecule has 1 amide bonds. The topological polar surface area (TPSA) is 68.0 Å². The molecule has 4 rings (SSSR count). The summed E-state index contributed by atoms with van der Waals surface area (Å²) in [5.74, 6) is 1.36. The Morgan fingerprint density at radius 2 is 1.92 bits per heavy atom. The SMILES string of the molecule is NC1C2CCCC1CC(C(=O)NCc1nccc3ccccc13)C2. The summed E-state index contributed by atoms with van der Waals surface area (Å²) in [7, 11) is 0. The molecule has 2 aliphatic carbocycles. The number of benzene rings is 1. The normalized spacial score (nSPS) is 29.4. The number of aromatic nitrogens is 1. The Labute approximate surface area is 142 Å². The number of amides is 1. The van der Waals surface area contributed by atoms with Crippen LogP contribution >= 0.6 is 0 Å². The number of hydrogen-bond donors (Lipinski definition) is 2. The fourth-order valence-corrected chi connectivity index (χ4v) is 4.64. The van der Waals surface area contributed by atoms with Crippen molar-refractivity contribution in [3.05, 3.63) is 42.2 Å². The first-order valence-electron chi connectivity index (χ1n) is 9.08. The first-order chi connectivity index (χ1) is 11.7. The molecule has 3 N–H and O–H groups in total. The van der Waals surface area contributed by atoms with Crippen molar-refractivity contribution in [2.45, 2.75) is 44.7 Å². The maximum atomic E-state index is 12.7. The molecule has 2 bridgehead atoms. The molecule has 0 spiro atoms. The third-order valence-electron chi connectivity index (χ3n) is 5.97. The molecular weight excluding hydrogens is 298 g/mol. The zero-order valence-corrected chi connectivity index (χ0v) is 13.9. The summed E-state index contributed by atoms with van der Waals surface area (Å²) in [6, 6.07) is 10.5. The van der Waals surface area contributed by atoms with Gasteiger partial charge in [-0.1, -0.05) is 30.7 Å². The minimum atomic E-state index is 0.120. The molecule has 2 fully saturated rings. The monoisotopic (exact) mass is 323 g/mol. The lowest BCUT2D eigenvalue weighted by Gasteiger charge is -2.43. The van der Waals surface area contributed by atoms with Crippen LogP contribution in [-0.2, 0) is 11.3 Å². The molecule has 2 atom stereocenters. The Hall–Kier alpha value is -1.94. The van der Waals surface area contributed by atoms with Gasteiger partial charge in [0, 0.05) is 23.5 Å². The van der Waals surface area contributed by atoms with E-state index in [-0.39, 0.29) is 11.8 Å². The summed E-state index contributed by atoms with van der Waals surface area (Å²) in [6.45, 7) is 0.498. The van der Waals surface area contributed by atoms with Gasteiger partial charge in [-0.3, -0.25) is 9.78 Å². The van der Waals surface area contributed by atoms with Gasteiger partial charge in [-0.25, -0.2) is 0 Å². The molecule has 1 aromatic heterocycles. The molecule has 126 valence electrons. The van der Waals surface area contributed by atoms with Crippen molar-refractivity contribution in [3.63, 3.8) is 0 Å². The highest BCUT2D eigenvalue weighted by Gasteiger charge is 2.40. The van der Waals surface area contributed by atoms with Gasteiger partial charge >= 0.3 is 0 Å². The number of nitrogens with two attached hydrogens (primary N) is 1. The van der Waals surface area contributed by atoms with Crippen LogP contribution in [0.2, 0.25) is 0 Å². The Morgan fingerprint density at radius 1 is 1.17 bits per heavy atom. The molecule has 2 aliphatic rings. The maximum Gasteiger partial charge on any atom is 0.223 e. The summed E-state index contributed by atoms with van der Waals surface area (Å²) in [5.41, 5.74) is 7.27. The lowest BCUT2D eigenvalue weighted by molar-refractivity contribution is -0.128. The molecule has 0 saturated heterocycles. The molecule has 24 heavy (non-hydrogen) atoms. The van der Waals surface area contributed by atoms with Crippen LogP contribution in [0.3, 0.4) is 0 Å². The Bertz CT molecular complexity index is 725. The molecule has 2 unspecified atom stereocenters. The molecule has 2 aromatic rings.